The highest BCUT2D eigenvalue weighted by molar-refractivity contribution is 7.98. The zero-order valence-corrected chi connectivity index (χ0v) is 15.8. The van der Waals surface area contributed by atoms with Crippen molar-refractivity contribution >= 4 is 22.9 Å². The molecule has 2 aromatic heterocycles. The maximum Gasteiger partial charge on any atom is 0.282 e. The summed E-state index contributed by atoms with van der Waals surface area (Å²) in [5.41, 5.74) is 2.33. The number of hydrogen-bond acceptors (Lipinski definition) is 5. The molecule has 0 aliphatic rings. The van der Waals surface area contributed by atoms with Crippen LogP contribution in [-0.4, -0.2) is 19.5 Å². The van der Waals surface area contributed by atoms with Crippen LogP contribution < -0.4 is 5.56 Å². The lowest BCUT2D eigenvalue weighted by Gasteiger charge is -2.12. The van der Waals surface area contributed by atoms with E-state index in [1.54, 1.807) is 10.6 Å². The zero-order chi connectivity index (χ0) is 19.3. The van der Waals surface area contributed by atoms with Gasteiger partial charge in [0.1, 0.15) is 5.82 Å². The van der Waals surface area contributed by atoms with Crippen LogP contribution in [0.2, 0.25) is 0 Å². The highest BCUT2D eigenvalue weighted by Crippen LogP contribution is 2.22. The van der Waals surface area contributed by atoms with Crippen molar-refractivity contribution in [1.82, 2.24) is 19.5 Å². The van der Waals surface area contributed by atoms with Gasteiger partial charge in [-0.3, -0.25) is 9.36 Å². The molecule has 0 unspecified atom stereocenters. The molecule has 0 fully saturated rings. The van der Waals surface area contributed by atoms with Gasteiger partial charge in [-0.15, -0.1) is 0 Å². The molecule has 4 rings (SSSR count). The molecule has 7 heteroatoms. The monoisotopic (exact) mass is 392 g/mol. The minimum atomic E-state index is -0.281. The molecule has 4 aromatic rings. The third-order valence-corrected chi connectivity index (χ3v) is 5.33. The third-order valence-electron chi connectivity index (χ3n) is 4.28. The average Bonchev–Trinajstić information content (AvgIpc) is 2.72. The fraction of sp³-hybridized carbons (Fsp3) is 0.143. The number of thioether (sulfide) groups is 1. The summed E-state index contributed by atoms with van der Waals surface area (Å²) in [4.78, 5) is 25.8. The minimum absolute atomic E-state index is 0.212. The molecule has 2 aromatic carbocycles. The Hall–Kier alpha value is -3.06. The zero-order valence-electron chi connectivity index (χ0n) is 15.0. The highest BCUT2D eigenvalue weighted by atomic mass is 32.2. The van der Waals surface area contributed by atoms with E-state index in [2.05, 4.69) is 15.0 Å². The Bertz CT molecular complexity index is 1160. The first kappa shape index (κ1) is 18.3. The molecule has 0 bridgehead atoms. The smallest absolute Gasteiger partial charge is 0.282 e. The van der Waals surface area contributed by atoms with E-state index in [1.807, 2.05) is 36.4 Å². The second-order valence-electron chi connectivity index (χ2n) is 6.23. The van der Waals surface area contributed by atoms with Gasteiger partial charge in [0.15, 0.2) is 16.3 Å². The van der Waals surface area contributed by atoms with Crippen LogP contribution in [0.3, 0.4) is 0 Å². The van der Waals surface area contributed by atoms with E-state index in [9.17, 15) is 9.18 Å². The van der Waals surface area contributed by atoms with Crippen LogP contribution in [0.25, 0.3) is 11.2 Å². The van der Waals surface area contributed by atoms with Gasteiger partial charge in [-0.1, -0.05) is 54.2 Å². The first-order chi connectivity index (χ1) is 13.7. The largest absolute Gasteiger partial charge is 0.285 e. The Morgan fingerprint density at radius 2 is 1.75 bits per heavy atom. The molecule has 28 heavy (non-hydrogen) atoms. The van der Waals surface area contributed by atoms with E-state index in [-0.39, 0.29) is 16.9 Å². The van der Waals surface area contributed by atoms with Gasteiger partial charge in [-0.2, -0.15) is 0 Å². The van der Waals surface area contributed by atoms with Gasteiger partial charge in [0.05, 0.1) is 0 Å². The summed E-state index contributed by atoms with van der Waals surface area (Å²) in [7, 11) is 0. The molecule has 0 amide bonds. The van der Waals surface area contributed by atoms with Gasteiger partial charge in [-0.25, -0.2) is 19.3 Å². The number of aromatic nitrogens is 4. The quantitative estimate of drug-likeness (QED) is 0.368. The molecule has 0 spiro atoms. The molecule has 0 saturated heterocycles. The SMILES string of the molecule is O=c1c2nccnc2nc(SCc2cccc(F)c2)n1CCc1ccccc1. The molecule has 0 radical (unpaired) electrons. The minimum Gasteiger partial charge on any atom is -0.285 e. The molecule has 0 atom stereocenters. The first-order valence-corrected chi connectivity index (χ1v) is 9.82. The predicted molar refractivity (Wildman–Crippen MR) is 108 cm³/mol. The summed E-state index contributed by atoms with van der Waals surface area (Å²) in [5, 5.41) is 0.554. The fourth-order valence-electron chi connectivity index (χ4n) is 2.90. The first-order valence-electron chi connectivity index (χ1n) is 8.83. The Kier molecular flexibility index (Phi) is 5.43. The number of fused-ring (bicyclic) bond motifs is 1. The lowest BCUT2D eigenvalue weighted by molar-refractivity contribution is 0.592. The van der Waals surface area contributed by atoms with Crippen molar-refractivity contribution in [3.8, 4) is 0 Å². The maximum atomic E-state index is 13.5. The van der Waals surface area contributed by atoms with E-state index < -0.39 is 0 Å². The number of benzene rings is 2. The van der Waals surface area contributed by atoms with Crippen LogP contribution in [0.5, 0.6) is 0 Å². The molecule has 140 valence electrons. The van der Waals surface area contributed by atoms with Crippen LogP contribution in [0.15, 0.2) is 76.9 Å². The number of nitrogens with zero attached hydrogens (tertiary/aromatic N) is 4. The standard InChI is InChI=1S/C21H17FN4OS/c22-17-8-4-7-16(13-17)14-28-21-25-19-18(23-10-11-24-19)20(27)26(21)12-9-15-5-2-1-3-6-15/h1-8,10-11,13H,9,12,14H2. The van der Waals surface area contributed by atoms with E-state index in [0.717, 1.165) is 11.1 Å². The van der Waals surface area contributed by atoms with Gasteiger partial charge in [0.25, 0.3) is 5.56 Å². The van der Waals surface area contributed by atoms with Crippen LogP contribution in [0.4, 0.5) is 4.39 Å². The van der Waals surface area contributed by atoms with Gasteiger partial charge in [-0.05, 0) is 29.7 Å². The Morgan fingerprint density at radius 3 is 2.57 bits per heavy atom. The Morgan fingerprint density at radius 1 is 0.964 bits per heavy atom. The molecule has 5 nitrogen and oxygen atoms in total. The van der Waals surface area contributed by atoms with Crippen LogP contribution >= 0.6 is 11.8 Å². The summed E-state index contributed by atoms with van der Waals surface area (Å²) in [6, 6.07) is 16.4. The molecule has 0 aliphatic heterocycles. The van der Waals surface area contributed by atoms with Gasteiger partial charge in [0, 0.05) is 24.7 Å². The van der Waals surface area contributed by atoms with E-state index >= 15 is 0 Å². The fourth-order valence-corrected chi connectivity index (χ4v) is 3.85. The second-order valence-corrected chi connectivity index (χ2v) is 7.18. The van der Waals surface area contributed by atoms with Crippen molar-refractivity contribution in [2.24, 2.45) is 0 Å². The maximum absolute atomic E-state index is 13.5. The Labute approximate surface area is 165 Å². The van der Waals surface area contributed by atoms with E-state index in [4.69, 9.17) is 0 Å². The van der Waals surface area contributed by atoms with Crippen molar-refractivity contribution in [3.63, 3.8) is 0 Å². The number of hydrogen-bond donors (Lipinski definition) is 0. The summed E-state index contributed by atoms with van der Waals surface area (Å²) in [5.74, 6) is 0.221. The highest BCUT2D eigenvalue weighted by Gasteiger charge is 2.13. The predicted octanol–water partition coefficient (Wildman–Crippen LogP) is 3.86. The van der Waals surface area contributed by atoms with Gasteiger partial charge < -0.3 is 0 Å². The molecular weight excluding hydrogens is 375 g/mol. The molecular formula is C21H17FN4OS. The van der Waals surface area contributed by atoms with Crippen molar-refractivity contribution in [1.29, 1.82) is 0 Å². The summed E-state index contributed by atoms with van der Waals surface area (Å²) in [6.45, 7) is 0.480. The molecule has 0 saturated carbocycles. The second kappa shape index (κ2) is 8.31. The van der Waals surface area contributed by atoms with Crippen LogP contribution in [-0.2, 0) is 18.7 Å². The van der Waals surface area contributed by atoms with E-state index in [0.29, 0.717) is 29.5 Å². The topological polar surface area (TPSA) is 60.7 Å². The average molecular weight is 392 g/mol. The summed E-state index contributed by atoms with van der Waals surface area (Å²) in [6.07, 6.45) is 3.71. The summed E-state index contributed by atoms with van der Waals surface area (Å²) < 4.78 is 15.1. The molecule has 2 heterocycles. The normalized spacial score (nSPS) is 11.0. The van der Waals surface area contributed by atoms with Gasteiger partial charge in [0.2, 0.25) is 0 Å². The lowest BCUT2D eigenvalue weighted by Crippen LogP contribution is -2.25. The lowest BCUT2D eigenvalue weighted by atomic mass is 10.1. The van der Waals surface area contributed by atoms with Crippen molar-refractivity contribution < 1.29 is 4.39 Å². The third kappa shape index (κ3) is 4.09. The van der Waals surface area contributed by atoms with Crippen molar-refractivity contribution in [2.75, 3.05) is 0 Å². The van der Waals surface area contributed by atoms with Crippen molar-refractivity contribution in [3.05, 3.63) is 94.3 Å². The number of aryl methyl sites for hydroxylation is 1. The Balaban J connectivity index is 1.67. The van der Waals surface area contributed by atoms with Gasteiger partial charge >= 0.3 is 0 Å². The number of halogens is 1. The molecule has 0 aliphatic carbocycles. The summed E-state index contributed by atoms with van der Waals surface area (Å²) >= 11 is 1.39. The van der Waals surface area contributed by atoms with Crippen LogP contribution in [0.1, 0.15) is 11.1 Å². The molecule has 0 N–H and O–H groups in total. The number of rotatable bonds is 6. The van der Waals surface area contributed by atoms with E-state index in [1.165, 1.54) is 36.3 Å². The van der Waals surface area contributed by atoms with Crippen molar-refractivity contribution in [2.45, 2.75) is 23.9 Å². The van der Waals surface area contributed by atoms with Crippen LogP contribution in [0, 0.1) is 5.82 Å².